The first kappa shape index (κ1) is 45.5. The van der Waals surface area contributed by atoms with Crippen molar-refractivity contribution in [1.29, 1.82) is 0 Å². The first-order valence-electron chi connectivity index (χ1n) is 19.0. The molecule has 12 atom stereocenters. The Morgan fingerprint density at radius 1 is 0.679 bits per heavy atom. The van der Waals surface area contributed by atoms with Crippen molar-refractivity contribution < 1.29 is 90.5 Å². The standard InChI is InChI=1S/C38H60O18/c1-19-17-37-12-5-23-35(2,10-4-11-36(23,3)34(53)55-32(51)29(49)26(46)21(43)8-15-40)24(37)6-13-38(19,18-37)56-33(52)30(27(47)22(44)9-16-41)54-31(50)28(48)25(45)20(42)7-14-39/h20-24,31-33,39-52H,1,4-18H2,2-3H3/b28-25-,29-26+,30-27+/t20?,21?,22?,23?,24?,31?,32?,33?,35-,36-,37-,38+/m1/s1. The number of carbonyl (C=O) groups is 1. The SMILES string of the molecule is C=C1C[C@@]23CCC4[C@@](C)(CCC[C@@]4(C)C(=O)OC(O)/C(O)=C(\O)C(O)CCO)C2CC[C@]1(OC(O)/C(OC(O)/C(O)=C(/O)C(O)CCO)=C(\O)C(O)CCO)C3. The molecule has 0 amide bonds. The van der Waals surface area contributed by atoms with Crippen molar-refractivity contribution in [3.63, 3.8) is 0 Å². The number of ether oxygens (including phenoxy) is 3. The van der Waals surface area contributed by atoms with Gasteiger partial charge in [0.15, 0.2) is 23.0 Å². The second-order valence-electron chi connectivity index (χ2n) is 16.3. The van der Waals surface area contributed by atoms with Crippen LogP contribution in [0.1, 0.15) is 90.9 Å². The van der Waals surface area contributed by atoms with Gasteiger partial charge < -0.3 is 85.7 Å². The van der Waals surface area contributed by atoms with Crippen molar-refractivity contribution >= 4 is 5.97 Å². The Bertz CT molecular complexity index is 1530. The van der Waals surface area contributed by atoms with Gasteiger partial charge in [0.05, 0.1) is 11.0 Å². The molecule has 56 heavy (non-hydrogen) atoms. The summed E-state index contributed by atoms with van der Waals surface area (Å²) in [6.07, 6.45) is -8.83. The number of aliphatic hydroxyl groups is 14. The van der Waals surface area contributed by atoms with Gasteiger partial charge in [-0.2, -0.15) is 0 Å². The van der Waals surface area contributed by atoms with Gasteiger partial charge in [0.1, 0.15) is 18.3 Å². The molecule has 0 aromatic heterocycles. The second kappa shape index (κ2) is 17.8. The zero-order valence-corrected chi connectivity index (χ0v) is 31.8. The first-order chi connectivity index (χ1) is 26.2. The monoisotopic (exact) mass is 804 g/mol. The Morgan fingerprint density at radius 2 is 1.18 bits per heavy atom. The molecule has 0 radical (unpaired) electrons. The van der Waals surface area contributed by atoms with E-state index < -0.39 is 132 Å². The van der Waals surface area contributed by atoms with Gasteiger partial charge in [-0.1, -0.05) is 19.9 Å². The summed E-state index contributed by atoms with van der Waals surface area (Å²) in [6, 6.07) is 0. The maximum Gasteiger partial charge on any atom is 0.314 e. The van der Waals surface area contributed by atoms with E-state index in [2.05, 4.69) is 13.5 Å². The molecule has 14 N–H and O–H groups in total. The van der Waals surface area contributed by atoms with Crippen LogP contribution in [0.25, 0.3) is 0 Å². The molecule has 0 aromatic rings. The summed E-state index contributed by atoms with van der Waals surface area (Å²) in [5, 5.41) is 142. The molecule has 4 aliphatic rings. The average molecular weight is 805 g/mol. The van der Waals surface area contributed by atoms with Crippen molar-refractivity contribution in [2.24, 2.45) is 28.1 Å². The van der Waals surface area contributed by atoms with Crippen molar-refractivity contribution in [2.45, 2.75) is 134 Å². The molecular formula is C38H60O18. The highest BCUT2D eigenvalue weighted by Gasteiger charge is 2.68. The minimum Gasteiger partial charge on any atom is -0.506 e. The van der Waals surface area contributed by atoms with Crippen LogP contribution in [0.15, 0.2) is 46.7 Å². The zero-order chi connectivity index (χ0) is 42.0. The quantitative estimate of drug-likeness (QED) is 0.0401. The molecule has 0 aliphatic heterocycles. The van der Waals surface area contributed by atoms with Gasteiger partial charge in [-0.3, -0.25) is 4.79 Å². The molecule has 4 saturated carbocycles. The highest BCUT2D eigenvalue weighted by molar-refractivity contribution is 5.77. The lowest BCUT2D eigenvalue weighted by atomic mass is 9.41. The summed E-state index contributed by atoms with van der Waals surface area (Å²) < 4.78 is 16.8. The van der Waals surface area contributed by atoms with Gasteiger partial charge in [0.25, 0.3) is 12.6 Å². The van der Waals surface area contributed by atoms with Crippen LogP contribution < -0.4 is 0 Å². The van der Waals surface area contributed by atoms with E-state index in [9.17, 15) is 66.1 Å². The smallest absolute Gasteiger partial charge is 0.314 e. The van der Waals surface area contributed by atoms with Crippen molar-refractivity contribution in [2.75, 3.05) is 19.8 Å². The predicted molar refractivity (Wildman–Crippen MR) is 193 cm³/mol. The number of rotatable bonds is 18. The molecule has 0 saturated heterocycles. The third-order valence-electron chi connectivity index (χ3n) is 13.0. The number of fused-ring (bicyclic) bond motifs is 3. The molecule has 0 aromatic carbocycles. The molecule has 1 spiro atoms. The number of hydrogen-bond acceptors (Lipinski definition) is 18. The van der Waals surface area contributed by atoms with E-state index in [1.807, 2.05) is 0 Å². The Kier molecular flexibility index (Phi) is 14.4. The summed E-state index contributed by atoms with van der Waals surface area (Å²) in [6.45, 7) is 6.47. The van der Waals surface area contributed by atoms with E-state index in [1.54, 1.807) is 6.92 Å². The third-order valence-corrected chi connectivity index (χ3v) is 13.0. The van der Waals surface area contributed by atoms with E-state index in [0.717, 1.165) is 6.42 Å². The van der Waals surface area contributed by atoms with Crippen LogP contribution in [0.4, 0.5) is 0 Å². The maximum atomic E-state index is 13.8. The van der Waals surface area contributed by atoms with Crippen molar-refractivity contribution in [3.05, 3.63) is 46.7 Å². The van der Waals surface area contributed by atoms with Crippen LogP contribution in [0.5, 0.6) is 0 Å². The molecule has 0 heterocycles. The van der Waals surface area contributed by atoms with Crippen LogP contribution in [0, 0.1) is 28.1 Å². The summed E-state index contributed by atoms with van der Waals surface area (Å²) in [5.74, 6) is -7.66. The molecule has 18 nitrogen and oxygen atoms in total. The molecular weight excluding hydrogens is 744 g/mol. The zero-order valence-electron chi connectivity index (χ0n) is 31.8. The van der Waals surface area contributed by atoms with Crippen molar-refractivity contribution in [3.8, 4) is 0 Å². The number of aliphatic hydroxyl groups excluding tert-OH is 14. The first-order valence-corrected chi connectivity index (χ1v) is 19.0. The predicted octanol–water partition coefficient (Wildman–Crippen LogP) is 1.26. The molecule has 320 valence electrons. The Morgan fingerprint density at radius 3 is 1.71 bits per heavy atom. The van der Waals surface area contributed by atoms with Gasteiger partial charge in [0.2, 0.25) is 17.8 Å². The van der Waals surface area contributed by atoms with Gasteiger partial charge in [0, 0.05) is 39.1 Å². The fourth-order valence-corrected chi connectivity index (χ4v) is 10.3. The fraction of sp³-hybridized carbons (Fsp3) is 0.763. The maximum absolute atomic E-state index is 13.8. The lowest BCUT2D eigenvalue weighted by Crippen LogP contribution is -2.59. The van der Waals surface area contributed by atoms with Crippen LogP contribution in [-0.2, 0) is 19.0 Å². The average Bonchev–Trinajstić information content (AvgIpc) is 3.34. The van der Waals surface area contributed by atoms with Crippen LogP contribution in [0.2, 0.25) is 0 Å². The van der Waals surface area contributed by atoms with E-state index >= 15 is 0 Å². The third kappa shape index (κ3) is 8.50. The second-order valence-corrected chi connectivity index (χ2v) is 16.3. The largest absolute Gasteiger partial charge is 0.506 e. The van der Waals surface area contributed by atoms with Crippen LogP contribution in [-0.4, -0.2) is 140 Å². The van der Waals surface area contributed by atoms with E-state index in [4.69, 9.17) is 24.4 Å². The number of carbonyl (C=O) groups excluding carboxylic acids is 1. The van der Waals surface area contributed by atoms with Crippen LogP contribution >= 0.6 is 0 Å². The van der Waals surface area contributed by atoms with E-state index in [0.29, 0.717) is 56.9 Å². The Hall–Kier alpha value is -3.17. The van der Waals surface area contributed by atoms with E-state index in [-0.39, 0.29) is 18.3 Å². The van der Waals surface area contributed by atoms with Gasteiger partial charge >= 0.3 is 5.97 Å². The lowest BCUT2D eigenvalue weighted by Gasteiger charge is -2.64. The normalized spacial score (nSPS) is 34.7. The summed E-state index contributed by atoms with van der Waals surface area (Å²) in [7, 11) is 0. The molecule has 4 fully saturated rings. The minimum atomic E-state index is -2.50. The van der Waals surface area contributed by atoms with E-state index in [1.165, 1.54) is 0 Å². The fourth-order valence-electron chi connectivity index (χ4n) is 10.3. The minimum absolute atomic E-state index is 0.00783. The summed E-state index contributed by atoms with van der Waals surface area (Å²) in [4.78, 5) is 13.8. The highest BCUT2D eigenvalue weighted by atomic mass is 16.7. The van der Waals surface area contributed by atoms with Gasteiger partial charge in [-0.15, -0.1) is 0 Å². The van der Waals surface area contributed by atoms with Gasteiger partial charge in [-0.05, 0) is 86.5 Å². The summed E-state index contributed by atoms with van der Waals surface area (Å²) in [5.41, 5.74) is -2.56. The number of hydrogen-bond donors (Lipinski definition) is 14. The molecule has 4 rings (SSSR count). The summed E-state index contributed by atoms with van der Waals surface area (Å²) >= 11 is 0. The van der Waals surface area contributed by atoms with Crippen molar-refractivity contribution in [1.82, 2.24) is 0 Å². The molecule has 18 heteroatoms. The number of esters is 1. The Balaban J connectivity index is 1.58. The molecule has 8 unspecified atom stereocenters. The molecule has 2 bridgehead atoms. The molecule has 4 aliphatic carbocycles. The Labute approximate surface area is 324 Å². The van der Waals surface area contributed by atoms with Crippen LogP contribution in [0.3, 0.4) is 0 Å². The lowest BCUT2D eigenvalue weighted by molar-refractivity contribution is -0.225. The highest BCUT2D eigenvalue weighted by Crippen LogP contribution is 2.73. The topological polar surface area (TPSA) is 328 Å². The van der Waals surface area contributed by atoms with Gasteiger partial charge in [-0.25, -0.2) is 0 Å².